The van der Waals surface area contributed by atoms with Crippen molar-refractivity contribution in [2.75, 3.05) is 0 Å². The Morgan fingerprint density at radius 2 is 2.12 bits per heavy atom. The van der Waals surface area contributed by atoms with Crippen LogP contribution >= 0.6 is 15.9 Å². The van der Waals surface area contributed by atoms with E-state index < -0.39 is 0 Å². The van der Waals surface area contributed by atoms with Gasteiger partial charge in [0, 0.05) is 4.48 Å². The Balaban J connectivity index is 2.79. The Morgan fingerprint density at radius 3 is 2.25 bits per heavy atom. The van der Waals surface area contributed by atoms with E-state index >= 15 is 0 Å². The molecule has 0 saturated carbocycles. The highest BCUT2D eigenvalue weighted by atomic mass is 79.9. The molecule has 0 amide bonds. The minimum Gasteiger partial charge on any atom is -0.0681 e. The molecule has 0 spiro atoms. The van der Waals surface area contributed by atoms with E-state index in [0.717, 1.165) is 6.42 Å². The zero-order chi connectivity index (χ0) is 6.15. The van der Waals surface area contributed by atoms with Gasteiger partial charge in [-0.3, -0.25) is 0 Å². The molecule has 0 aromatic carbocycles. The molecule has 0 N–H and O–H groups in total. The van der Waals surface area contributed by atoms with Crippen molar-refractivity contribution in [1.29, 1.82) is 0 Å². The molecule has 0 aromatic rings. The van der Waals surface area contributed by atoms with Crippen molar-refractivity contribution >= 4 is 15.9 Å². The van der Waals surface area contributed by atoms with Crippen molar-refractivity contribution in [3.63, 3.8) is 0 Å². The summed E-state index contributed by atoms with van der Waals surface area (Å²) in [5.41, 5.74) is 2.90. The third-order valence-corrected chi connectivity index (χ3v) is 2.23. The average molecular weight is 173 g/mol. The summed E-state index contributed by atoms with van der Waals surface area (Å²) in [6.07, 6.45) is 3.33. The van der Waals surface area contributed by atoms with Crippen LogP contribution in [0.5, 0.6) is 0 Å². The highest BCUT2D eigenvalue weighted by Gasteiger charge is 2.04. The fraction of sp³-hybridized carbons (Fsp3) is 0.429. The monoisotopic (exact) mass is 172 g/mol. The van der Waals surface area contributed by atoms with Crippen LogP contribution in [0.3, 0.4) is 0 Å². The van der Waals surface area contributed by atoms with Gasteiger partial charge in [-0.05, 0) is 26.3 Å². The van der Waals surface area contributed by atoms with Crippen LogP contribution in [0.1, 0.15) is 20.3 Å². The number of rotatable bonds is 0. The average Bonchev–Trinajstić information content (AvgIpc) is 1.85. The predicted octanol–water partition coefficient (Wildman–Crippen LogP) is 3.01. The smallest absolute Gasteiger partial charge is 0.0167 e. The van der Waals surface area contributed by atoms with Gasteiger partial charge in [0.1, 0.15) is 0 Å². The van der Waals surface area contributed by atoms with Gasteiger partial charge in [0.25, 0.3) is 0 Å². The summed E-state index contributed by atoms with van der Waals surface area (Å²) < 4.78 is 1.27. The quantitative estimate of drug-likeness (QED) is 0.528. The number of allylic oxidation sites excluding steroid dienone is 4. The largest absolute Gasteiger partial charge is 0.0681 e. The van der Waals surface area contributed by atoms with E-state index in [4.69, 9.17) is 0 Å². The Hall–Kier alpha value is -0.0400. The molecule has 0 heterocycles. The lowest BCUT2D eigenvalue weighted by Crippen LogP contribution is -1.68. The molecule has 0 bridgehead atoms. The van der Waals surface area contributed by atoms with Crippen molar-refractivity contribution in [2.45, 2.75) is 20.3 Å². The summed E-state index contributed by atoms with van der Waals surface area (Å²) in [7, 11) is 0. The first-order chi connectivity index (χ1) is 3.70. The molecule has 1 aliphatic rings. The van der Waals surface area contributed by atoms with Crippen LogP contribution in [0.25, 0.3) is 0 Å². The topological polar surface area (TPSA) is 0 Å². The van der Waals surface area contributed by atoms with E-state index in [1.165, 1.54) is 15.6 Å². The molecule has 0 radical (unpaired) electrons. The molecule has 0 atom stereocenters. The van der Waals surface area contributed by atoms with Gasteiger partial charge < -0.3 is 0 Å². The molecular weight excluding hydrogens is 164 g/mol. The molecule has 0 aromatic heterocycles. The van der Waals surface area contributed by atoms with E-state index in [2.05, 4.69) is 35.9 Å². The second-order valence-electron chi connectivity index (χ2n) is 2.30. The standard InChI is InChI=1S/C7H9Br/c1-5-3-6(2)7(8)4-5/h4H,3H2,1-2H3. The van der Waals surface area contributed by atoms with Crippen molar-refractivity contribution in [1.82, 2.24) is 0 Å². The van der Waals surface area contributed by atoms with Gasteiger partial charge in [-0.15, -0.1) is 0 Å². The van der Waals surface area contributed by atoms with E-state index in [9.17, 15) is 0 Å². The maximum Gasteiger partial charge on any atom is 0.0167 e. The SMILES string of the molecule is CC1=CC(Br)=C(C)C1. The van der Waals surface area contributed by atoms with E-state index in [-0.39, 0.29) is 0 Å². The molecule has 1 heteroatoms. The van der Waals surface area contributed by atoms with E-state index in [1.54, 1.807) is 0 Å². The molecule has 1 rings (SSSR count). The Kier molecular flexibility index (Phi) is 1.57. The highest BCUT2D eigenvalue weighted by Crippen LogP contribution is 2.27. The van der Waals surface area contributed by atoms with Crippen LogP contribution in [-0.4, -0.2) is 0 Å². The normalized spacial score (nSPS) is 19.6. The first-order valence-corrected chi connectivity index (χ1v) is 3.52. The summed E-state index contributed by atoms with van der Waals surface area (Å²) in [6, 6.07) is 0. The summed E-state index contributed by atoms with van der Waals surface area (Å²) in [4.78, 5) is 0. The molecular formula is C7H9Br. The third-order valence-electron chi connectivity index (χ3n) is 1.32. The lowest BCUT2D eigenvalue weighted by Gasteiger charge is -1.88. The molecule has 0 saturated heterocycles. The van der Waals surface area contributed by atoms with Crippen molar-refractivity contribution in [2.24, 2.45) is 0 Å². The molecule has 1 aliphatic carbocycles. The Morgan fingerprint density at radius 1 is 1.50 bits per heavy atom. The molecule has 0 aliphatic heterocycles. The van der Waals surface area contributed by atoms with Crippen LogP contribution in [0.4, 0.5) is 0 Å². The van der Waals surface area contributed by atoms with Gasteiger partial charge in [-0.1, -0.05) is 27.1 Å². The van der Waals surface area contributed by atoms with Crippen LogP contribution in [0, 0.1) is 0 Å². The lowest BCUT2D eigenvalue weighted by atomic mass is 10.2. The van der Waals surface area contributed by atoms with Gasteiger partial charge in [0.15, 0.2) is 0 Å². The second kappa shape index (κ2) is 2.06. The first kappa shape index (κ1) is 6.09. The summed E-state index contributed by atoms with van der Waals surface area (Å²) in [5, 5.41) is 0. The minimum absolute atomic E-state index is 1.15. The maximum absolute atomic E-state index is 3.45. The van der Waals surface area contributed by atoms with Gasteiger partial charge in [-0.2, -0.15) is 0 Å². The highest BCUT2D eigenvalue weighted by molar-refractivity contribution is 9.11. The van der Waals surface area contributed by atoms with Crippen LogP contribution in [0.15, 0.2) is 21.7 Å². The number of hydrogen-bond acceptors (Lipinski definition) is 0. The first-order valence-electron chi connectivity index (χ1n) is 2.72. The van der Waals surface area contributed by atoms with Gasteiger partial charge in [-0.25, -0.2) is 0 Å². The zero-order valence-electron chi connectivity index (χ0n) is 5.16. The van der Waals surface area contributed by atoms with Crippen LogP contribution in [0.2, 0.25) is 0 Å². The maximum atomic E-state index is 3.45. The van der Waals surface area contributed by atoms with Crippen molar-refractivity contribution < 1.29 is 0 Å². The Bertz CT molecular complexity index is 163. The van der Waals surface area contributed by atoms with E-state index in [0.29, 0.717) is 0 Å². The lowest BCUT2D eigenvalue weighted by molar-refractivity contribution is 1.15. The summed E-state index contributed by atoms with van der Waals surface area (Å²) in [5.74, 6) is 0. The molecule has 44 valence electrons. The van der Waals surface area contributed by atoms with Crippen molar-refractivity contribution in [3.8, 4) is 0 Å². The van der Waals surface area contributed by atoms with E-state index in [1.807, 2.05) is 0 Å². The molecule has 8 heavy (non-hydrogen) atoms. The van der Waals surface area contributed by atoms with Crippen LogP contribution < -0.4 is 0 Å². The minimum atomic E-state index is 1.15. The van der Waals surface area contributed by atoms with Gasteiger partial charge in [0.05, 0.1) is 0 Å². The van der Waals surface area contributed by atoms with Crippen molar-refractivity contribution in [3.05, 3.63) is 21.7 Å². The number of halogens is 1. The summed E-state index contributed by atoms with van der Waals surface area (Å²) >= 11 is 3.45. The molecule has 0 unspecified atom stereocenters. The third kappa shape index (κ3) is 1.03. The van der Waals surface area contributed by atoms with Gasteiger partial charge in [0.2, 0.25) is 0 Å². The van der Waals surface area contributed by atoms with Crippen LogP contribution in [-0.2, 0) is 0 Å². The Labute approximate surface area is 58.4 Å². The second-order valence-corrected chi connectivity index (χ2v) is 3.15. The predicted molar refractivity (Wildman–Crippen MR) is 40.0 cm³/mol. The zero-order valence-corrected chi connectivity index (χ0v) is 6.75. The fourth-order valence-electron chi connectivity index (χ4n) is 0.893. The number of hydrogen-bond donors (Lipinski definition) is 0. The fourth-order valence-corrected chi connectivity index (χ4v) is 1.42. The molecule has 0 nitrogen and oxygen atoms in total. The van der Waals surface area contributed by atoms with Gasteiger partial charge >= 0.3 is 0 Å². The summed E-state index contributed by atoms with van der Waals surface area (Å²) in [6.45, 7) is 4.30. The molecule has 0 fully saturated rings.